The molecular formula is C18H18FN5. The summed E-state index contributed by atoms with van der Waals surface area (Å²) in [5, 5.41) is 9.03. The van der Waals surface area contributed by atoms with Crippen molar-refractivity contribution in [3.63, 3.8) is 0 Å². The molecule has 2 N–H and O–H groups in total. The first kappa shape index (κ1) is 15.8. The number of hydrogen-bond acceptors (Lipinski definition) is 4. The van der Waals surface area contributed by atoms with Crippen LogP contribution >= 0.6 is 0 Å². The third kappa shape index (κ3) is 2.44. The lowest BCUT2D eigenvalue weighted by molar-refractivity contribution is 0.625. The van der Waals surface area contributed by atoms with Crippen LogP contribution in [0.15, 0.2) is 30.6 Å². The molecule has 1 heterocycles. The Morgan fingerprint density at radius 2 is 2.08 bits per heavy atom. The van der Waals surface area contributed by atoms with E-state index in [1.165, 1.54) is 6.07 Å². The first-order valence-electron chi connectivity index (χ1n) is 7.63. The van der Waals surface area contributed by atoms with Gasteiger partial charge < -0.3 is 15.2 Å². The minimum absolute atomic E-state index is 0.322. The first-order valence-corrected chi connectivity index (χ1v) is 7.63. The number of halogens is 1. The zero-order valence-corrected chi connectivity index (χ0v) is 13.8. The lowest BCUT2D eigenvalue weighted by Gasteiger charge is -2.24. The Morgan fingerprint density at radius 1 is 1.33 bits per heavy atom. The van der Waals surface area contributed by atoms with Crippen molar-refractivity contribution in [2.24, 2.45) is 7.05 Å². The van der Waals surface area contributed by atoms with Crippen molar-refractivity contribution in [2.75, 3.05) is 17.7 Å². The molecule has 2 aromatic carbocycles. The molecule has 122 valence electrons. The Bertz CT molecular complexity index is 968. The number of aromatic nitrogens is 2. The van der Waals surface area contributed by atoms with E-state index < -0.39 is 5.82 Å². The number of nitrogens with two attached hydrogens (primary N) is 1. The largest absolute Gasteiger partial charge is 0.397 e. The van der Waals surface area contributed by atoms with Gasteiger partial charge in [-0.2, -0.15) is 5.26 Å². The SMILES string of the molecule is CCc1cc(C#N)cc(F)c1N(C)c1cc(N)c2ncn(C)c2c1. The third-order valence-corrected chi connectivity index (χ3v) is 4.22. The van der Waals surface area contributed by atoms with E-state index in [2.05, 4.69) is 4.98 Å². The fourth-order valence-corrected chi connectivity index (χ4v) is 2.93. The number of nitrogen functional groups attached to an aromatic ring is 1. The standard InChI is InChI=1S/C18H18FN5/c1-4-12-5-11(9-20)6-14(19)18(12)24(3)13-7-15(21)17-16(8-13)23(2)10-22-17/h5-8,10H,4,21H2,1-3H3. The highest BCUT2D eigenvalue weighted by Crippen LogP contribution is 2.34. The first-order chi connectivity index (χ1) is 11.5. The number of fused-ring (bicyclic) bond motifs is 1. The fraction of sp³-hybridized carbons (Fsp3) is 0.222. The van der Waals surface area contributed by atoms with Crippen LogP contribution in [0.1, 0.15) is 18.1 Å². The van der Waals surface area contributed by atoms with Gasteiger partial charge in [0.15, 0.2) is 0 Å². The summed E-state index contributed by atoms with van der Waals surface area (Å²) in [6.07, 6.45) is 2.32. The highest BCUT2D eigenvalue weighted by Gasteiger charge is 2.17. The number of aryl methyl sites for hydroxylation is 2. The number of nitriles is 1. The zero-order chi connectivity index (χ0) is 17.4. The number of hydrogen-bond donors (Lipinski definition) is 1. The van der Waals surface area contributed by atoms with Gasteiger partial charge in [0.25, 0.3) is 0 Å². The van der Waals surface area contributed by atoms with Gasteiger partial charge >= 0.3 is 0 Å². The summed E-state index contributed by atoms with van der Waals surface area (Å²) in [6, 6.07) is 8.69. The van der Waals surface area contributed by atoms with Crippen molar-refractivity contribution < 1.29 is 4.39 Å². The van der Waals surface area contributed by atoms with Crippen molar-refractivity contribution in [2.45, 2.75) is 13.3 Å². The molecule has 0 unspecified atom stereocenters. The van der Waals surface area contributed by atoms with E-state index in [1.54, 1.807) is 30.4 Å². The quantitative estimate of drug-likeness (QED) is 0.749. The van der Waals surface area contributed by atoms with E-state index in [9.17, 15) is 4.39 Å². The minimum atomic E-state index is -0.419. The summed E-state index contributed by atoms with van der Waals surface area (Å²) >= 11 is 0. The molecule has 0 aliphatic heterocycles. The molecule has 6 heteroatoms. The molecule has 0 amide bonds. The maximum absolute atomic E-state index is 14.6. The van der Waals surface area contributed by atoms with Crippen LogP contribution in [0.5, 0.6) is 0 Å². The smallest absolute Gasteiger partial charge is 0.148 e. The van der Waals surface area contributed by atoms with E-state index in [0.29, 0.717) is 23.4 Å². The van der Waals surface area contributed by atoms with Gasteiger partial charge in [-0.05, 0) is 36.2 Å². The lowest BCUT2D eigenvalue weighted by atomic mass is 10.0. The van der Waals surface area contributed by atoms with Gasteiger partial charge in [-0.1, -0.05) is 6.92 Å². The Kier molecular flexibility index (Phi) is 3.86. The summed E-state index contributed by atoms with van der Waals surface area (Å²) < 4.78 is 16.5. The van der Waals surface area contributed by atoms with Gasteiger partial charge in [0.1, 0.15) is 11.3 Å². The molecule has 0 fully saturated rings. The van der Waals surface area contributed by atoms with Crippen LogP contribution in [0.3, 0.4) is 0 Å². The summed E-state index contributed by atoms with van der Waals surface area (Å²) in [5.74, 6) is -0.419. The molecule has 0 aliphatic carbocycles. The molecular weight excluding hydrogens is 305 g/mol. The fourth-order valence-electron chi connectivity index (χ4n) is 2.93. The number of anilines is 3. The molecule has 0 atom stereocenters. The summed E-state index contributed by atoms with van der Waals surface area (Å²) in [6.45, 7) is 1.94. The van der Waals surface area contributed by atoms with Crippen molar-refractivity contribution >= 4 is 28.1 Å². The Labute approximate surface area is 139 Å². The second-order valence-electron chi connectivity index (χ2n) is 5.75. The summed E-state index contributed by atoms with van der Waals surface area (Å²) in [7, 11) is 3.68. The van der Waals surface area contributed by atoms with E-state index >= 15 is 0 Å². The van der Waals surface area contributed by atoms with Gasteiger partial charge in [-0.15, -0.1) is 0 Å². The molecule has 0 saturated carbocycles. The number of imidazole rings is 1. The second-order valence-corrected chi connectivity index (χ2v) is 5.75. The van der Waals surface area contributed by atoms with Crippen LogP contribution < -0.4 is 10.6 Å². The maximum atomic E-state index is 14.6. The highest BCUT2D eigenvalue weighted by atomic mass is 19.1. The Hall–Kier alpha value is -3.07. The molecule has 0 radical (unpaired) electrons. The predicted octanol–water partition coefficient (Wildman–Crippen LogP) is 3.50. The van der Waals surface area contributed by atoms with Gasteiger partial charge in [-0.25, -0.2) is 9.37 Å². The van der Waals surface area contributed by atoms with Crippen LogP contribution in [-0.4, -0.2) is 16.6 Å². The van der Waals surface area contributed by atoms with Crippen LogP contribution in [0.4, 0.5) is 21.5 Å². The molecule has 3 rings (SSSR count). The normalized spacial score (nSPS) is 10.8. The number of benzene rings is 2. The average Bonchev–Trinajstić information content (AvgIpc) is 2.95. The predicted molar refractivity (Wildman–Crippen MR) is 93.7 cm³/mol. The molecule has 0 bridgehead atoms. The third-order valence-electron chi connectivity index (χ3n) is 4.22. The van der Waals surface area contributed by atoms with Gasteiger partial charge in [0.05, 0.1) is 34.9 Å². The molecule has 24 heavy (non-hydrogen) atoms. The van der Waals surface area contributed by atoms with Crippen molar-refractivity contribution in [3.8, 4) is 6.07 Å². The second kappa shape index (κ2) is 5.85. The molecule has 0 aliphatic rings. The number of rotatable bonds is 3. The van der Waals surface area contributed by atoms with E-state index in [-0.39, 0.29) is 0 Å². The molecule has 5 nitrogen and oxygen atoms in total. The summed E-state index contributed by atoms with van der Waals surface area (Å²) in [5.41, 5.74) is 10.6. The molecule has 1 aromatic heterocycles. The highest BCUT2D eigenvalue weighted by molar-refractivity contribution is 5.92. The molecule has 3 aromatic rings. The average molecular weight is 323 g/mol. The maximum Gasteiger partial charge on any atom is 0.148 e. The molecule has 0 saturated heterocycles. The topological polar surface area (TPSA) is 70.9 Å². The van der Waals surface area contributed by atoms with Gasteiger partial charge in [0, 0.05) is 19.8 Å². The summed E-state index contributed by atoms with van der Waals surface area (Å²) in [4.78, 5) is 6.04. The zero-order valence-electron chi connectivity index (χ0n) is 13.8. The Balaban J connectivity index is 2.18. The van der Waals surface area contributed by atoms with Gasteiger partial charge in [-0.3, -0.25) is 0 Å². The number of nitrogens with zero attached hydrogens (tertiary/aromatic N) is 4. The monoisotopic (exact) mass is 323 g/mol. The lowest BCUT2D eigenvalue weighted by Crippen LogP contribution is -2.14. The van der Waals surface area contributed by atoms with Crippen LogP contribution in [0.25, 0.3) is 11.0 Å². The van der Waals surface area contributed by atoms with Crippen molar-refractivity contribution in [3.05, 3.63) is 47.5 Å². The Morgan fingerprint density at radius 3 is 2.75 bits per heavy atom. The van der Waals surface area contributed by atoms with Gasteiger partial charge in [0.2, 0.25) is 0 Å². The van der Waals surface area contributed by atoms with E-state index in [1.807, 2.05) is 30.7 Å². The molecule has 0 spiro atoms. The minimum Gasteiger partial charge on any atom is -0.397 e. The van der Waals surface area contributed by atoms with Crippen LogP contribution in [0.2, 0.25) is 0 Å². The van der Waals surface area contributed by atoms with E-state index in [0.717, 1.165) is 22.3 Å². The van der Waals surface area contributed by atoms with E-state index in [4.69, 9.17) is 11.0 Å². The van der Waals surface area contributed by atoms with Crippen LogP contribution in [-0.2, 0) is 13.5 Å². The van der Waals surface area contributed by atoms with Crippen molar-refractivity contribution in [1.29, 1.82) is 5.26 Å². The van der Waals surface area contributed by atoms with Crippen LogP contribution in [0, 0.1) is 17.1 Å². The van der Waals surface area contributed by atoms with Crippen molar-refractivity contribution in [1.82, 2.24) is 9.55 Å².